The van der Waals surface area contributed by atoms with E-state index in [9.17, 15) is 9.59 Å². The predicted molar refractivity (Wildman–Crippen MR) is 75.4 cm³/mol. The van der Waals surface area contributed by atoms with Gasteiger partial charge in [0.2, 0.25) is 5.91 Å². The van der Waals surface area contributed by atoms with E-state index in [2.05, 4.69) is 27.4 Å². The summed E-state index contributed by atoms with van der Waals surface area (Å²) in [6, 6.07) is 0.0439. The first-order valence-electron chi connectivity index (χ1n) is 7.56. The second-order valence-corrected chi connectivity index (χ2v) is 5.90. The van der Waals surface area contributed by atoms with Crippen molar-refractivity contribution in [3.8, 4) is 0 Å². The molecule has 0 aromatic carbocycles. The quantitative estimate of drug-likeness (QED) is 0.707. The second kappa shape index (κ2) is 5.26. The Morgan fingerprint density at radius 2 is 2.00 bits per heavy atom. The summed E-state index contributed by atoms with van der Waals surface area (Å²) >= 11 is 0. The highest BCUT2D eigenvalue weighted by molar-refractivity contribution is 6.20. The summed E-state index contributed by atoms with van der Waals surface area (Å²) in [7, 11) is 0. The van der Waals surface area contributed by atoms with Gasteiger partial charge < -0.3 is 10.6 Å². The minimum absolute atomic E-state index is 0.0439. The molecule has 0 radical (unpaired) electrons. The van der Waals surface area contributed by atoms with Gasteiger partial charge >= 0.3 is 0 Å². The molecular weight excluding hydrogens is 256 g/mol. The lowest BCUT2D eigenvalue weighted by molar-refractivity contribution is -0.147. The summed E-state index contributed by atoms with van der Waals surface area (Å²) in [4.78, 5) is 31.1. The second-order valence-electron chi connectivity index (χ2n) is 5.90. The monoisotopic (exact) mass is 278 g/mol. The van der Waals surface area contributed by atoms with Crippen LogP contribution < -0.4 is 10.6 Å². The van der Waals surface area contributed by atoms with E-state index in [1.165, 1.54) is 0 Å². The summed E-state index contributed by atoms with van der Waals surface area (Å²) in [5.41, 5.74) is -0.828. The van der Waals surface area contributed by atoms with Crippen LogP contribution in [0.3, 0.4) is 0 Å². The largest absolute Gasteiger partial charge is 0.314 e. The Hall–Kier alpha value is -1.27. The first-order valence-corrected chi connectivity index (χ1v) is 7.56. The molecule has 6 heteroatoms. The number of amides is 2. The fraction of sp³-hybridized carbons (Fsp3) is 0.786. The molecule has 2 fully saturated rings. The van der Waals surface area contributed by atoms with Crippen LogP contribution in [0.1, 0.15) is 32.6 Å². The van der Waals surface area contributed by atoms with Crippen LogP contribution in [-0.4, -0.2) is 54.8 Å². The third kappa shape index (κ3) is 2.07. The fourth-order valence-corrected chi connectivity index (χ4v) is 3.32. The molecular formula is C14H22N4O2. The molecule has 3 aliphatic rings. The molecule has 0 aromatic rings. The molecule has 1 aliphatic carbocycles. The van der Waals surface area contributed by atoms with Crippen molar-refractivity contribution >= 4 is 17.6 Å². The number of aliphatic imine (C=N–C) groups is 1. The van der Waals surface area contributed by atoms with Crippen LogP contribution >= 0.6 is 0 Å². The summed E-state index contributed by atoms with van der Waals surface area (Å²) in [6.45, 7) is 5.80. The van der Waals surface area contributed by atoms with Crippen molar-refractivity contribution in [1.29, 1.82) is 0 Å². The minimum Gasteiger partial charge on any atom is -0.314 e. The zero-order chi connectivity index (χ0) is 14.2. The number of hydrogen-bond donors (Lipinski definition) is 2. The van der Waals surface area contributed by atoms with E-state index in [-0.39, 0.29) is 17.9 Å². The maximum Gasteiger partial charge on any atom is 0.263 e. The van der Waals surface area contributed by atoms with E-state index in [0.717, 1.165) is 39.0 Å². The average molecular weight is 278 g/mol. The number of piperazine rings is 1. The Morgan fingerprint density at radius 3 is 2.50 bits per heavy atom. The lowest BCUT2D eigenvalue weighted by atomic mass is 9.67. The van der Waals surface area contributed by atoms with E-state index in [1.54, 1.807) is 0 Å². The molecule has 110 valence electrons. The molecule has 1 saturated carbocycles. The zero-order valence-corrected chi connectivity index (χ0v) is 11.9. The van der Waals surface area contributed by atoms with E-state index >= 15 is 0 Å². The van der Waals surface area contributed by atoms with Gasteiger partial charge in [0, 0.05) is 26.2 Å². The van der Waals surface area contributed by atoms with Crippen molar-refractivity contribution in [3.05, 3.63) is 0 Å². The number of nitrogens with zero attached hydrogens (tertiary/aromatic N) is 2. The number of carbonyl (C=O) groups is 2. The van der Waals surface area contributed by atoms with Crippen molar-refractivity contribution in [1.82, 2.24) is 15.5 Å². The van der Waals surface area contributed by atoms with Crippen LogP contribution in [-0.2, 0) is 9.59 Å². The molecule has 20 heavy (non-hydrogen) atoms. The molecule has 1 saturated heterocycles. The molecule has 2 aliphatic heterocycles. The molecule has 1 spiro atoms. The Bertz CT molecular complexity index is 450. The van der Waals surface area contributed by atoms with E-state index < -0.39 is 5.41 Å². The lowest BCUT2D eigenvalue weighted by Gasteiger charge is -2.42. The van der Waals surface area contributed by atoms with Gasteiger partial charge in [-0.2, -0.15) is 4.99 Å². The highest BCUT2D eigenvalue weighted by atomic mass is 16.2. The summed E-state index contributed by atoms with van der Waals surface area (Å²) in [6.07, 6.45) is 3.09. The SMILES string of the molecule is CCC(C1=NC(=O)C2(CCC2)C(=O)N1)N1CCNCC1. The van der Waals surface area contributed by atoms with Crippen LogP contribution in [0.15, 0.2) is 4.99 Å². The van der Waals surface area contributed by atoms with Crippen molar-refractivity contribution in [2.45, 2.75) is 38.6 Å². The Kier molecular flexibility index (Phi) is 3.60. The third-order valence-corrected chi connectivity index (χ3v) is 4.81. The zero-order valence-electron chi connectivity index (χ0n) is 11.9. The Labute approximate surface area is 119 Å². The fourth-order valence-electron chi connectivity index (χ4n) is 3.32. The average Bonchev–Trinajstić information content (AvgIpc) is 2.38. The van der Waals surface area contributed by atoms with Crippen LogP contribution in [0, 0.1) is 5.41 Å². The predicted octanol–water partition coefficient (Wildman–Crippen LogP) is -0.105. The molecule has 1 unspecified atom stereocenters. The van der Waals surface area contributed by atoms with Gasteiger partial charge in [0.15, 0.2) is 0 Å². The summed E-state index contributed by atoms with van der Waals surface area (Å²) in [5, 5.41) is 6.23. The van der Waals surface area contributed by atoms with E-state index in [4.69, 9.17) is 0 Å². The highest BCUT2D eigenvalue weighted by Gasteiger charge is 2.53. The van der Waals surface area contributed by atoms with Gasteiger partial charge in [0.05, 0.1) is 6.04 Å². The van der Waals surface area contributed by atoms with E-state index in [1.807, 2.05) is 0 Å². The summed E-state index contributed by atoms with van der Waals surface area (Å²) < 4.78 is 0. The maximum atomic E-state index is 12.3. The van der Waals surface area contributed by atoms with Crippen LogP contribution in [0.2, 0.25) is 0 Å². The van der Waals surface area contributed by atoms with Gasteiger partial charge in [0.1, 0.15) is 11.3 Å². The van der Waals surface area contributed by atoms with Gasteiger partial charge in [-0.15, -0.1) is 0 Å². The molecule has 2 N–H and O–H groups in total. The molecule has 2 amide bonds. The minimum atomic E-state index is -0.828. The van der Waals surface area contributed by atoms with Gasteiger partial charge in [-0.25, -0.2) is 0 Å². The highest BCUT2D eigenvalue weighted by Crippen LogP contribution is 2.43. The lowest BCUT2D eigenvalue weighted by Crippen LogP contribution is -2.61. The molecule has 1 atom stereocenters. The number of amidine groups is 1. The standard InChI is InChI=1S/C14H22N4O2/c1-2-10(18-8-6-15-7-9-18)11-16-12(19)14(4-3-5-14)13(20)17-11/h10,15H,2-9H2,1H3,(H,16,17,19,20). The Morgan fingerprint density at radius 1 is 1.30 bits per heavy atom. The topological polar surface area (TPSA) is 73.8 Å². The van der Waals surface area contributed by atoms with Crippen molar-refractivity contribution < 1.29 is 9.59 Å². The number of nitrogens with one attached hydrogen (secondary N) is 2. The van der Waals surface area contributed by atoms with Crippen LogP contribution in [0.5, 0.6) is 0 Å². The Balaban J connectivity index is 1.80. The van der Waals surface area contributed by atoms with Gasteiger partial charge in [-0.05, 0) is 19.3 Å². The summed E-state index contributed by atoms with van der Waals surface area (Å²) in [5.74, 6) is 0.199. The normalized spacial score (nSPS) is 27.8. The number of hydrogen-bond acceptors (Lipinski definition) is 4. The van der Waals surface area contributed by atoms with E-state index in [0.29, 0.717) is 18.7 Å². The molecule has 2 heterocycles. The van der Waals surface area contributed by atoms with Gasteiger partial charge in [-0.3, -0.25) is 14.5 Å². The number of rotatable bonds is 3. The number of carbonyl (C=O) groups excluding carboxylic acids is 2. The first-order chi connectivity index (χ1) is 9.67. The van der Waals surface area contributed by atoms with Gasteiger partial charge in [0.25, 0.3) is 5.91 Å². The molecule has 3 rings (SSSR count). The molecule has 6 nitrogen and oxygen atoms in total. The van der Waals surface area contributed by atoms with Crippen LogP contribution in [0.25, 0.3) is 0 Å². The van der Waals surface area contributed by atoms with Crippen molar-refractivity contribution in [2.75, 3.05) is 26.2 Å². The van der Waals surface area contributed by atoms with Crippen molar-refractivity contribution in [3.63, 3.8) is 0 Å². The van der Waals surface area contributed by atoms with Gasteiger partial charge in [-0.1, -0.05) is 13.3 Å². The first kappa shape index (κ1) is 13.7. The third-order valence-electron chi connectivity index (χ3n) is 4.81. The van der Waals surface area contributed by atoms with Crippen molar-refractivity contribution in [2.24, 2.45) is 10.4 Å². The van der Waals surface area contributed by atoms with Crippen LogP contribution in [0.4, 0.5) is 0 Å². The smallest absolute Gasteiger partial charge is 0.263 e. The molecule has 0 aromatic heterocycles. The molecule has 0 bridgehead atoms. The maximum absolute atomic E-state index is 12.3.